The number of ketones is 2. The Balaban J connectivity index is 1.26. The third-order valence-corrected chi connectivity index (χ3v) is 14.8. The lowest BCUT2D eigenvalue weighted by atomic mass is 9.60. The molecule has 4 aliphatic carbocycles. The highest BCUT2D eigenvalue weighted by molar-refractivity contribution is 8.76. The van der Waals surface area contributed by atoms with Crippen LogP contribution in [0.5, 0.6) is 5.75 Å². The molecule has 51 heavy (non-hydrogen) atoms. The highest BCUT2D eigenvalue weighted by Crippen LogP contribution is 2.61. The number of allylic oxidation sites excluding steroid dienone is 4. The second-order valence-corrected chi connectivity index (χ2v) is 17.9. The lowest BCUT2D eigenvalue weighted by Crippen LogP contribution is -2.69. The quantitative estimate of drug-likeness (QED) is 0.219. The predicted molar refractivity (Wildman–Crippen MR) is 193 cm³/mol. The van der Waals surface area contributed by atoms with Crippen molar-refractivity contribution in [2.45, 2.75) is 93.9 Å². The number of aliphatic hydroxyl groups is 5. The van der Waals surface area contributed by atoms with Gasteiger partial charge in [-0.1, -0.05) is 58.2 Å². The van der Waals surface area contributed by atoms with E-state index in [2.05, 4.69) is 10.3 Å². The minimum absolute atomic E-state index is 0.0443. The van der Waals surface area contributed by atoms with Crippen LogP contribution >= 0.6 is 21.6 Å². The van der Waals surface area contributed by atoms with Crippen LogP contribution in [-0.4, -0.2) is 90.5 Å². The van der Waals surface area contributed by atoms with Crippen LogP contribution in [0.4, 0.5) is 5.82 Å². The number of anilines is 1. The fraction of sp³-hybridized carbons (Fsp3) is 0.553. The van der Waals surface area contributed by atoms with E-state index in [1.165, 1.54) is 33.7 Å². The van der Waals surface area contributed by atoms with Crippen LogP contribution in [0.3, 0.4) is 0 Å². The Kier molecular flexibility index (Phi) is 8.88. The summed E-state index contributed by atoms with van der Waals surface area (Å²) >= 11 is 0. The molecule has 1 aromatic heterocycles. The van der Waals surface area contributed by atoms with E-state index in [4.69, 9.17) is 9.47 Å². The number of nitrogens with zero attached hydrogens (tertiary/aromatic N) is 1. The second kappa shape index (κ2) is 12.9. The van der Waals surface area contributed by atoms with Crippen molar-refractivity contribution >= 4 is 39.0 Å². The number of hydrogen-bond acceptors (Lipinski definition) is 13. The molecule has 2 saturated carbocycles. The third-order valence-electron chi connectivity index (χ3n) is 12.5. The van der Waals surface area contributed by atoms with Crippen LogP contribution in [0.1, 0.15) is 84.6 Å². The van der Waals surface area contributed by atoms with Crippen molar-refractivity contribution in [3.05, 3.63) is 76.7 Å². The molecule has 2 aliphatic heterocycles. The SMILES string of the molecule is CC1=C[C@@H]2C(=O)c3cccc4c3C(=O)[C@]2(CSSCNc2cc(ccn2)[C@@]2(CCC3(CCCC3)C2)C[C@]2(O)[C@H](O)[C@@H](CO)O[C@@H](O4)[C@@H]2O)C(O)=C1. The van der Waals surface area contributed by atoms with Crippen LogP contribution in [0, 0.1) is 16.7 Å². The normalized spacial score (nSPS) is 37.5. The molecule has 11 nitrogen and oxygen atoms in total. The van der Waals surface area contributed by atoms with Gasteiger partial charge in [0.1, 0.15) is 46.7 Å². The summed E-state index contributed by atoms with van der Waals surface area (Å²) in [5, 5.41) is 61.6. The molecule has 3 spiro atoms. The summed E-state index contributed by atoms with van der Waals surface area (Å²) in [6, 6.07) is 8.52. The molecule has 0 radical (unpaired) electrons. The highest BCUT2D eigenvalue weighted by atomic mass is 33.1. The molecular formula is C38H44N2O9S2. The zero-order valence-corrected chi connectivity index (χ0v) is 30.0. The van der Waals surface area contributed by atoms with Gasteiger partial charge in [0.2, 0.25) is 6.29 Å². The van der Waals surface area contributed by atoms with Crippen molar-refractivity contribution < 1.29 is 44.6 Å². The number of Topliss-reactive ketones (excluding diaryl/α,β-unsaturated/α-hetero) is 2. The summed E-state index contributed by atoms with van der Waals surface area (Å²) in [7, 11) is 2.81. The summed E-state index contributed by atoms with van der Waals surface area (Å²) in [5.41, 5.74) is -2.74. The average molecular weight is 737 g/mol. The smallest absolute Gasteiger partial charge is 0.229 e. The molecule has 0 amide bonds. The average Bonchev–Trinajstić information content (AvgIpc) is 3.74. The Bertz CT molecular complexity index is 1810. The molecule has 2 aromatic rings. The van der Waals surface area contributed by atoms with Gasteiger partial charge in [-0.3, -0.25) is 9.59 Å². The van der Waals surface area contributed by atoms with Crippen molar-refractivity contribution in [3.63, 3.8) is 0 Å². The lowest BCUT2D eigenvalue weighted by molar-refractivity contribution is -0.318. The Morgan fingerprint density at radius 2 is 1.84 bits per heavy atom. The van der Waals surface area contributed by atoms with Gasteiger partial charge in [-0.15, -0.1) is 0 Å². The number of ether oxygens (including phenoxy) is 2. The number of aliphatic hydroxyl groups excluding tert-OH is 4. The summed E-state index contributed by atoms with van der Waals surface area (Å²) < 4.78 is 12.2. The van der Waals surface area contributed by atoms with Crippen molar-refractivity contribution in [3.8, 4) is 5.75 Å². The molecule has 3 fully saturated rings. The number of carbonyl (C=O) groups is 2. The minimum Gasteiger partial charge on any atom is -0.511 e. The second-order valence-electron chi connectivity index (χ2n) is 15.5. The van der Waals surface area contributed by atoms with E-state index in [0.29, 0.717) is 17.3 Å². The van der Waals surface area contributed by atoms with E-state index in [1.54, 1.807) is 31.3 Å². The number of carbonyl (C=O) groups excluding carboxylic acids is 2. The molecular weight excluding hydrogens is 693 g/mol. The fourth-order valence-electron chi connectivity index (χ4n) is 9.95. The van der Waals surface area contributed by atoms with Crippen LogP contribution in [0.15, 0.2) is 60.0 Å². The van der Waals surface area contributed by atoms with Gasteiger partial charge in [-0.25, -0.2) is 4.98 Å². The molecule has 13 heteroatoms. The first-order valence-electron chi connectivity index (χ1n) is 17.7. The molecule has 3 heterocycles. The Morgan fingerprint density at radius 1 is 1.04 bits per heavy atom. The lowest BCUT2D eigenvalue weighted by Gasteiger charge is -2.51. The summed E-state index contributed by atoms with van der Waals surface area (Å²) in [6.45, 7) is 1.09. The maximum absolute atomic E-state index is 14.8. The minimum atomic E-state index is -2.21. The number of hydrogen-bond donors (Lipinski definition) is 6. The first-order valence-corrected chi connectivity index (χ1v) is 20.2. The van der Waals surface area contributed by atoms with Crippen molar-refractivity contribution in [2.24, 2.45) is 16.7 Å². The van der Waals surface area contributed by atoms with Gasteiger partial charge in [0.25, 0.3) is 0 Å². The number of rotatable bonds is 1. The molecule has 1 aromatic carbocycles. The molecule has 6 aliphatic rings. The fourth-order valence-corrected chi connectivity index (χ4v) is 12.2. The van der Waals surface area contributed by atoms with Gasteiger partial charge in [0.05, 0.1) is 24.0 Å². The van der Waals surface area contributed by atoms with Gasteiger partial charge >= 0.3 is 0 Å². The van der Waals surface area contributed by atoms with Gasteiger partial charge in [0.15, 0.2) is 11.6 Å². The Hall–Kier alpha value is -2.91. The maximum Gasteiger partial charge on any atom is 0.229 e. The van der Waals surface area contributed by atoms with E-state index in [1.807, 2.05) is 12.1 Å². The van der Waals surface area contributed by atoms with Crippen molar-refractivity contribution in [2.75, 3.05) is 23.6 Å². The standard InChI is InChI=1S/C38H44N2O9S2/c1-21-13-24-30(43)23-5-4-6-25-29(23)32(45)37(24,27(42)14-21)19-50-51-20-40-28-15-22(7-12-39-28)36(11-10-35(17-36)8-2-3-9-35)18-38(47)31(44)26(16-41)49-34(48-25)33(38)46/h4-7,12-15,24,26,31,33-34,41-42,44,46-47H,2-3,8-11,16-20H2,1H3,(H,39,40)/t24-,26-,31-,33+,34-,36-,37+,38+/m1/s1. The van der Waals surface area contributed by atoms with Gasteiger partial charge in [0, 0.05) is 17.5 Å². The number of pyridine rings is 1. The van der Waals surface area contributed by atoms with Gasteiger partial charge in [-0.2, -0.15) is 0 Å². The largest absolute Gasteiger partial charge is 0.511 e. The van der Waals surface area contributed by atoms with Crippen LogP contribution in [0.2, 0.25) is 0 Å². The molecule has 6 bridgehead atoms. The molecule has 0 unspecified atom stereocenters. The molecule has 8 rings (SSSR count). The van der Waals surface area contributed by atoms with Crippen LogP contribution in [-0.2, 0) is 10.2 Å². The topological polar surface area (TPSA) is 179 Å². The molecule has 1 saturated heterocycles. The number of benzene rings is 1. The van der Waals surface area contributed by atoms with E-state index in [0.717, 1.165) is 50.5 Å². The van der Waals surface area contributed by atoms with E-state index >= 15 is 0 Å². The summed E-state index contributed by atoms with van der Waals surface area (Å²) in [5.74, 6) is -1.02. The van der Waals surface area contributed by atoms with Gasteiger partial charge in [-0.05, 0) is 86.1 Å². The Labute approximate surface area is 304 Å². The zero-order valence-electron chi connectivity index (χ0n) is 28.4. The zero-order chi connectivity index (χ0) is 35.8. The number of nitrogens with one attached hydrogen (secondary N) is 1. The van der Waals surface area contributed by atoms with Gasteiger partial charge < -0.3 is 40.3 Å². The first kappa shape index (κ1) is 35.1. The van der Waals surface area contributed by atoms with E-state index in [9.17, 15) is 35.1 Å². The van der Waals surface area contributed by atoms with Crippen LogP contribution in [0.25, 0.3) is 0 Å². The highest BCUT2D eigenvalue weighted by Gasteiger charge is 2.62. The summed E-state index contributed by atoms with van der Waals surface area (Å²) in [4.78, 5) is 33.6. The Morgan fingerprint density at radius 3 is 2.63 bits per heavy atom. The molecule has 8 atom stereocenters. The number of fused-ring (bicyclic) bond motifs is 5. The monoisotopic (exact) mass is 736 g/mol. The van der Waals surface area contributed by atoms with E-state index in [-0.39, 0.29) is 46.0 Å². The summed E-state index contributed by atoms with van der Waals surface area (Å²) in [6.07, 6.45) is 5.28. The van der Waals surface area contributed by atoms with Crippen molar-refractivity contribution in [1.82, 2.24) is 4.98 Å². The molecule has 272 valence electrons. The van der Waals surface area contributed by atoms with Crippen LogP contribution < -0.4 is 10.1 Å². The predicted octanol–water partition coefficient (Wildman–Crippen LogP) is 4.85. The van der Waals surface area contributed by atoms with E-state index < -0.39 is 59.3 Å². The third kappa shape index (κ3) is 5.49. The number of aromatic nitrogens is 1. The van der Waals surface area contributed by atoms with Crippen molar-refractivity contribution in [1.29, 1.82) is 0 Å². The molecule has 6 N–H and O–H groups in total. The maximum atomic E-state index is 14.8. The first-order chi connectivity index (χ1) is 24.5.